The van der Waals surface area contributed by atoms with E-state index in [1.165, 1.54) is 23.5 Å². The molecule has 0 fully saturated rings. The summed E-state index contributed by atoms with van der Waals surface area (Å²) in [6.45, 7) is 0.296. The normalized spacial score (nSPS) is 11.3. The van der Waals surface area contributed by atoms with Gasteiger partial charge in [-0.15, -0.1) is 11.3 Å². The number of halogens is 3. The number of thiazole rings is 1. The summed E-state index contributed by atoms with van der Waals surface area (Å²) in [5.41, 5.74) is 0.422. The van der Waals surface area contributed by atoms with E-state index in [4.69, 9.17) is 4.74 Å². The number of amides is 3. The number of H-pyrrole nitrogens is 1. The van der Waals surface area contributed by atoms with Gasteiger partial charge in [-0.3, -0.25) is 0 Å². The minimum Gasteiger partial charge on any atom is -0.449 e. The Labute approximate surface area is 214 Å². The van der Waals surface area contributed by atoms with Crippen LogP contribution in [0.2, 0.25) is 0 Å². The molecule has 0 saturated heterocycles. The third-order valence-corrected chi connectivity index (χ3v) is 6.21. The predicted octanol–water partition coefficient (Wildman–Crippen LogP) is 6.36. The Kier molecular flexibility index (Phi) is 8.29. The lowest BCUT2D eigenvalue weighted by molar-refractivity contribution is -0.136. The van der Waals surface area contributed by atoms with Gasteiger partial charge in [-0.25, -0.2) is 19.5 Å². The number of carbonyl (C=O) groups is 2. The van der Waals surface area contributed by atoms with Gasteiger partial charge in [0.2, 0.25) is 0 Å². The van der Waals surface area contributed by atoms with E-state index in [1.54, 1.807) is 11.6 Å². The predicted molar refractivity (Wildman–Crippen MR) is 136 cm³/mol. The van der Waals surface area contributed by atoms with Crippen molar-refractivity contribution >= 4 is 45.2 Å². The molecule has 0 saturated carbocycles. The molecule has 0 bridgehead atoms. The molecule has 4 aromatic rings. The molecule has 0 spiro atoms. The number of aromatic amines is 1. The molecule has 3 N–H and O–H groups in total. The van der Waals surface area contributed by atoms with Crippen molar-refractivity contribution in [3.63, 3.8) is 0 Å². The van der Waals surface area contributed by atoms with Gasteiger partial charge in [0.15, 0.2) is 5.13 Å². The lowest BCUT2D eigenvalue weighted by atomic mass is 10.1. The smallest absolute Gasteiger partial charge is 0.418 e. The third kappa shape index (κ3) is 6.79. The number of anilines is 2. The summed E-state index contributed by atoms with van der Waals surface area (Å²) in [5, 5.41) is 8.74. The number of benzene rings is 2. The van der Waals surface area contributed by atoms with Crippen molar-refractivity contribution in [3.05, 3.63) is 77.4 Å². The van der Waals surface area contributed by atoms with E-state index in [2.05, 4.69) is 20.6 Å². The van der Waals surface area contributed by atoms with Crippen LogP contribution >= 0.6 is 11.3 Å². The van der Waals surface area contributed by atoms with Gasteiger partial charge < -0.3 is 20.4 Å². The number of urea groups is 1. The average Bonchev–Trinajstić information content (AvgIpc) is 3.54. The highest BCUT2D eigenvalue weighted by Crippen LogP contribution is 2.34. The van der Waals surface area contributed by atoms with Gasteiger partial charge in [-0.2, -0.15) is 13.2 Å². The Balaban J connectivity index is 1.41. The Hall–Kier alpha value is -4.06. The molecule has 0 atom stereocenters. The zero-order chi connectivity index (χ0) is 26.3. The van der Waals surface area contributed by atoms with Crippen LogP contribution in [0.4, 0.5) is 33.6 Å². The molecule has 2 heterocycles. The number of hydrogen-bond donors (Lipinski definition) is 3. The van der Waals surface area contributed by atoms with Gasteiger partial charge >= 0.3 is 18.3 Å². The largest absolute Gasteiger partial charge is 0.449 e. The zero-order valence-electron chi connectivity index (χ0n) is 19.5. The third-order valence-electron chi connectivity index (χ3n) is 5.48. The second kappa shape index (κ2) is 11.8. The van der Waals surface area contributed by atoms with Gasteiger partial charge in [0.1, 0.15) is 0 Å². The Morgan fingerprint density at radius 2 is 1.89 bits per heavy atom. The number of hydrogen-bond acceptors (Lipinski definition) is 6. The number of alkyl halides is 3. The monoisotopic (exact) mass is 531 g/mol. The minimum absolute atomic E-state index is 0.0129. The molecule has 2 aromatic carbocycles. The first-order valence-electron chi connectivity index (χ1n) is 11.4. The molecular formula is C25H24F3N5O3S. The van der Waals surface area contributed by atoms with E-state index < -0.39 is 29.6 Å². The topological polar surface area (TPSA) is 99.4 Å². The summed E-state index contributed by atoms with van der Waals surface area (Å²) in [7, 11) is 0. The molecule has 4 rings (SSSR count). The first-order chi connectivity index (χ1) is 17.8. The summed E-state index contributed by atoms with van der Waals surface area (Å²) in [6, 6.07) is 11.2. The second-order valence-electron chi connectivity index (χ2n) is 7.97. The summed E-state index contributed by atoms with van der Waals surface area (Å²) in [6.07, 6.45) is -1.45. The molecule has 0 aliphatic carbocycles. The molecule has 8 nitrogen and oxygen atoms in total. The first-order valence-corrected chi connectivity index (χ1v) is 12.3. The Bertz CT molecular complexity index is 1340. The number of nitrogens with one attached hydrogen (secondary N) is 3. The van der Waals surface area contributed by atoms with E-state index in [0.29, 0.717) is 24.5 Å². The first kappa shape index (κ1) is 26.0. The number of fused-ring (bicyclic) bond motifs is 1. The van der Waals surface area contributed by atoms with Crippen LogP contribution in [0.5, 0.6) is 0 Å². The van der Waals surface area contributed by atoms with Gasteiger partial charge in [-0.05, 0) is 30.2 Å². The Morgan fingerprint density at radius 3 is 2.68 bits per heavy atom. The van der Waals surface area contributed by atoms with Crippen LogP contribution in [0.1, 0.15) is 17.5 Å². The van der Waals surface area contributed by atoms with Crippen molar-refractivity contribution in [3.8, 4) is 0 Å². The summed E-state index contributed by atoms with van der Waals surface area (Å²) in [4.78, 5) is 33.8. The fraction of sp³-hybridized carbons (Fsp3) is 0.240. The number of imide groups is 1. The van der Waals surface area contributed by atoms with Gasteiger partial charge in [0.25, 0.3) is 0 Å². The van der Waals surface area contributed by atoms with Crippen LogP contribution in [-0.4, -0.2) is 46.7 Å². The molecule has 3 amide bonds. The lowest BCUT2D eigenvalue weighted by Crippen LogP contribution is -2.42. The molecule has 0 radical (unpaired) electrons. The molecule has 0 aliphatic rings. The fourth-order valence-electron chi connectivity index (χ4n) is 3.71. The highest BCUT2D eigenvalue weighted by Gasteiger charge is 2.34. The maximum atomic E-state index is 13.4. The molecule has 194 valence electrons. The number of ether oxygens (including phenoxy) is 1. The molecule has 12 heteroatoms. The van der Waals surface area contributed by atoms with E-state index >= 15 is 0 Å². The van der Waals surface area contributed by atoms with Gasteiger partial charge in [-0.1, -0.05) is 30.3 Å². The van der Waals surface area contributed by atoms with E-state index in [0.717, 1.165) is 33.5 Å². The lowest BCUT2D eigenvalue weighted by Gasteiger charge is -2.22. The fourth-order valence-corrected chi connectivity index (χ4v) is 4.26. The maximum absolute atomic E-state index is 13.4. The molecular weight excluding hydrogens is 507 g/mol. The van der Waals surface area contributed by atoms with Crippen LogP contribution in [0.25, 0.3) is 10.9 Å². The number of carbonyl (C=O) groups excluding carboxylic acids is 2. The highest BCUT2D eigenvalue weighted by molar-refractivity contribution is 7.13. The molecule has 0 aliphatic heterocycles. The van der Waals surface area contributed by atoms with Crippen molar-refractivity contribution in [1.29, 1.82) is 0 Å². The maximum Gasteiger partial charge on any atom is 0.418 e. The van der Waals surface area contributed by atoms with Crippen LogP contribution in [0.3, 0.4) is 0 Å². The summed E-state index contributed by atoms with van der Waals surface area (Å²) in [5.74, 6) is 0. The zero-order valence-corrected chi connectivity index (χ0v) is 20.4. The second-order valence-corrected chi connectivity index (χ2v) is 8.86. The number of rotatable bonds is 9. The van der Waals surface area contributed by atoms with Crippen LogP contribution in [0.15, 0.2) is 66.3 Å². The molecule has 0 unspecified atom stereocenters. The number of aromatic nitrogens is 2. The standard InChI is InChI=1S/C25H24F3N5O3S/c26-25(27,28)19-7-2-4-9-21(19)32-23(34)33(13-5-11-29-22-30-12-15-37-22)24(35)36-14-10-17-16-31-20-8-3-1-6-18(17)20/h1-4,6-9,12,15-16,31H,5,10-11,13-14H2,(H,29,30)(H,32,34). The van der Waals surface area contributed by atoms with Gasteiger partial charge in [0, 0.05) is 48.2 Å². The number of para-hydroxylation sites is 2. The highest BCUT2D eigenvalue weighted by atomic mass is 32.1. The Morgan fingerprint density at radius 1 is 1.11 bits per heavy atom. The van der Waals surface area contributed by atoms with Crippen LogP contribution in [-0.2, 0) is 17.3 Å². The van der Waals surface area contributed by atoms with Crippen molar-refractivity contribution < 1.29 is 27.5 Å². The quantitative estimate of drug-likeness (QED) is 0.218. The summed E-state index contributed by atoms with van der Waals surface area (Å²) >= 11 is 1.39. The van der Waals surface area contributed by atoms with E-state index in [-0.39, 0.29) is 13.2 Å². The minimum atomic E-state index is -4.67. The van der Waals surface area contributed by atoms with E-state index in [9.17, 15) is 22.8 Å². The SMILES string of the molecule is O=C(Nc1ccccc1C(F)(F)F)N(CCCNc1nccs1)C(=O)OCCc1c[nH]c2ccccc12. The molecule has 2 aromatic heterocycles. The van der Waals surface area contributed by atoms with Crippen molar-refractivity contribution in [2.24, 2.45) is 0 Å². The van der Waals surface area contributed by atoms with Crippen LogP contribution in [0, 0.1) is 0 Å². The van der Waals surface area contributed by atoms with Crippen molar-refractivity contribution in [2.45, 2.75) is 19.0 Å². The molecule has 37 heavy (non-hydrogen) atoms. The van der Waals surface area contributed by atoms with Crippen molar-refractivity contribution in [2.75, 3.05) is 30.3 Å². The van der Waals surface area contributed by atoms with Gasteiger partial charge in [0.05, 0.1) is 17.9 Å². The number of nitrogens with zero attached hydrogens (tertiary/aromatic N) is 2. The summed E-state index contributed by atoms with van der Waals surface area (Å²) < 4.78 is 45.5. The van der Waals surface area contributed by atoms with E-state index in [1.807, 2.05) is 30.5 Å². The average molecular weight is 532 g/mol. The van der Waals surface area contributed by atoms with Crippen molar-refractivity contribution in [1.82, 2.24) is 14.9 Å². The van der Waals surface area contributed by atoms with Crippen LogP contribution < -0.4 is 10.6 Å².